The number of benzene rings is 1. The van der Waals surface area contributed by atoms with Crippen LogP contribution in [0.4, 0.5) is 4.39 Å². The Morgan fingerprint density at radius 1 is 1.16 bits per heavy atom. The molecule has 5 nitrogen and oxygen atoms in total. The van der Waals surface area contributed by atoms with Gasteiger partial charge in [0.1, 0.15) is 5.82 Å². The van der Waals surface area contributed by atoms with Crippen molar-refractivity contribution in [3.63, 3.8) is 0 Å². The van der Waals surface area contributed by atoms with Crippen LogP contribution in [0.25, 0.3) is 5.69 Å². The number of hydrogen-bond acceptors (Lipinski definition) is 3. The van der Waals surface area contributed by atoms with Crippen LogP contribution in [0.5, 0.6) is 0 Å². The first-order chi connectivity index (χ1) is 12.2. The molecule has 4 rings (SSSR count). The second-order valence-electron chi connectivity index (χ2n) is 6.16. The van der Waals surface area contributed by atoms with E-state index in [0.29, 0.717) is 18.2 Å². The van der Waals surface area contributed by atoms with Gasteiger partial charge in [-0.15, -0.1) is 0 Å². The van der Waals surface area contributed by atoms with Gasteiger partial charge in [0.05, 0.1) is 5.69 Å². The number of aromatic nitrogens is 3. The van der Waals surface area contributed by atoms with Gasteiger partial charge in [0.2, 0.25) is 0 Å². The number of carbonyl (C=O) groups excluding carboxylic acids is 1. The van der Waals surface area contributed by atoms with E-state index in [1.807, 2.05) is 18.2 Å². The molecule has 1 N–H and O–H groups in total. The Morgan fingerprint density at radius 3 is 2.56 bits per heavy atom. The minimum atomic E-state index is -0.292. The van der Waals surface area contributed by atoms with E-state index in [1.54, 1.807) is 29.2 Å². The van der Waals surface area contributed by atoms with Gasteiger partial charge in [0, 0.05) is 30.6 Å². The maximum atomic E-state index is 13.2. The van der Waals surface area contributed by atoms with Crippen molar-refractivity contribution >= 4 is 5.91 Å². The zero-order chi connectivity index (χ0) is 17.2. The van der Waals surface area contributed by atoms with Crippen LogP contribution in [0, 0.1) is 5.82 Å². The maximum Gasteiger partial charge on any atom is 0.272 e. The van der Waals surface area contributed by atoms with Crippen molar-refractivity contribution in [3.8, 4) is 5.69 Å². The van der Waals surface area contributed by atoms with Gasteiger partial charge in [-0.2, -0.15) is 5.10 Å². The second kappa shape index (κ2) is 6.47. The number of amides is 1. The topological polar surface area (TPSA) is 59.8 Å². The summed E-state index contributed by atoms with van der Waals surface area (Å²) < 4.78 is 14.9. The largest absolute Gasteiger partial charge is 0.347 e. The number of carbonyl (C=O) groups is 1. The lowest BCUT2D eigenvalue weighted by atomic mass is 10.2. The lowest BCUT2D eigenvalue weighted by Crippen LogP contribution is -2.23. The molecule has 0 radical (unpaired) electrons. The number of pyridine rings is 1. The summed E-state index contributed by atoms with van der Waals surface area (Å²) in [5, 5.41) is 7.33. The van der Waals surface area contributed by atoms with E-state index in [1.165, 1.54) is 12.1 Å². The molecule has 1 aliphatic rings. The van der Waals surface area contributed by atoms with E-state index < -0.39 is 0 Å². The van der Waals surface area contributed by atoms with Gasteiger partial charge < -0.3 is 5.32 Å². The van der Waals surface area contributed by atoms with Crippen molar-refractivity contribution in [1.82, 2.24) is 20.1 Å². The molecule has 1 aromatic carbocycles. The molecule has 0 atom stereocenters. The molecule has 2 aromatic heterocycles. The van der Waals surface area contributed by atoms with Crippen molar-refractivity contribution < 1.29 is 9.18 Å². The van der Waals surface area contributed by atoms with Crippen LogP contribution in [0.15, 0.2) is 54.9 Å². The zero-order valence-electron chi connectivity index (χ0n) is 13.5. The molecule has 25 heavy (non-hydrogen) atoms. The summed E-state index contributed by atoms with van der Waals surface area (Å²) in [6.07, 6.45) is 5.56. The van der Waals surface area contributed by atoms with Crippen LogP contribution in [-0.2, 0) is 6.54 Å². The molecule has 1 aliphatic carbocycles. The highest BCUT2D eigenvalue weighted by molar-refractivity contribution is 5.92. The third-order valence-corrected chi connectivity index (χ3v) is 4.24. The standard InChI is InChI=1S/C19H17FN4O/c20-15-3-5-16(6-4-15)24-18(14-1-2-14)11-17(23-24)19(25)22-12-13-7-9-21-10-8-13/h3-11,14H,1-2,12H2,(H,22,25). The molecule has 126 valence electrons. The molecule has 1 fully saturated rings. The summed E-state index contributed by atoms with van der Waals surface area (Å²) in [4.78, 5) is 16.4. The fourth-order valence-corrected chi connectivity index (χ4v) is 2.74. The Morgan fingerprint density at radius 2 is 1.88 bits per heavy atom. The summed E-state index contributed by atoms with van der Waals surface area (Å²) in [6, 6.07) is 11.7. The van der Waals surface area contributed by atoms with Crippen LogP contribution in [0.1, 0.15) is 40.5 Å². The fraction of sp³-hybridized carbons (Fsp3) is 0.211. The molecule has 0 aliphatic heterocycles. The van der Waals surface area contributed by atoms with Crippen molar-refractivity contribution in [3.05, 3.63) is 77.6 Å². The highest BCUT2D eigenvalue weighted by Crippen LogP contribution is 2.41. The second-order valence-corrected chi connectivity index (χ2v) is 6.16. The third-order valence-electron chi connectivity index (χ3n) is 4.24. The first-order valence-electron chi connectivity index (χ1n) is 8.24. The van der Waals surface area contributed by atoms with Gasteiger partial charge in [-0.25, -0.2) is 9.07 Å². The van der Waals surface area contributed by atoms with Crippen LogP contribution in [0.3, 0.4) is 0 Å². The molecule has 2 heterocycles. The molecular weight excluding hydrogens is 319 g/mol. The zero-order valence-corrected chi connectivity index (χ0v) is 13.5. The molecule has 0 unspecified atom stereocenters. The number of nitrogens with one attached hydrogen (secondary N) is 1. The first-order valence-corrected chi connectivity index (χ1v) is 8.24. The van der Waals surface area contributed by atoms with E-state index in [0.717, 1.165) is 29.8 Å². The lowest BCUT2D eigenvalue weighted by Gasteiger charge is -2.06. The fourth-order valence-electron chi connectivity index (χ4n) is 2.74. The van der Waals surface area contributed by atoms with Gasteiger partial charge in [-0.3, -0.25) is 9.78 Å². The first kappa shape index (κ1) is 15.5. The molecule has 0 saturated heterocycles. The average Bonchev–Trinajstić information content (AvgIpc) is 3.40. The molecule has 3 aromatic rings. The van der Waals surface area contributed by atoms with Crippen LogP contribution < -0.4 is 5.32 Å². The van der Waals surface area contributed by atoms with Crippen molar-refractivity contribution in [1.29, 1.82) is 0 Å². The monoisotopic (exact) mass is 336 g/mol. The van der Waals surface area contributed by atoms with E-state index in [-0.39, 0.29) is 11.7 Å². The Bertz CT molecular complexity index is 886. The summed E-state index contributed by atoms with van der Waals surface area (Å²) >= 11 is 0. The van der Waals surface area contributed by atoms with E-state index in [9.17, 15) is 9.18 Å². The number of hydrogen-bond donors (Lipinski definition) is 1. The highest BCUT2D eigenvalue weighted by atomic mass is 19.1. The molecule has 1 amide bonds. The quantitative estimate of drug-likeness (QED) is 0.778. The maximum absolute atomic E-state index is 13.2. The SMILES string of the molecule is O=C(NCc1ccncc1)c1cc(C2CC2)n(-c2ccc(F)cc2)n1. The minimum absolute atomic E-state index is 0.223. The van der Waals surface area contributed by atoms with Crippen molar-refractivity contribution in [2.75, 3.05) is 0 Å². The highest BCUT2D eigenvalue weighted by Gasteiger charge is 2.29. The van der Waals surface area contributed by atoms with Gasteiger partial charge in [0.15, 0.2) is 5.69 Å². The van der Waals surface area contributed by atoms with Crippen molar-refractivity contribution in [2.24, 2.45) is 0 Å². The predicted molar refractivity (Wildman–Crippen MR) is 90.9 cm³/mol. The number of nitrogens with zero attached hydrogens (tertiary/aromatic N) is 3. The summed E-state index contributed by atoms with van der Waals surface area (Å²) in [7, 11) is 0. The summed E-state index contributed by atoms with van der Waals surface area (Å²) in [5.74, 6) is -0.0990. The van der Waals surface area contributed by atoms with Gasteiger partial charge >= 0.3 is 0 Å². The van der Waals surface area contributed by atoms with E-state index in [2.05, 4.69) is 15.4 Å². The molecule has 6 heteroatoms. The Kier molecular flexibility index (Phi) is 4.01. The third kappa shape index (κ3) is 3.42. The van der Waals surface area contributed by atoms with E-state index >= 15 is 0 Å². The van der Waals surface area contributed by atoms with Gasteiger partial charge in [-0.1, -0.05) is 0 Å². The minimum Gasteiger partial charge on any atom is -0.347 e. The Balaban J connectivity index is 1.56. The van der Waals surface area contributed by atoms with Crippen LogP contribution >= 0.6 is 0 Å². The molecule has 1 saturated carbocycles. The summed E-state index contributed by atoms with van der Waals surface area (Å²) in [6.45, 7) is 0.420. The van der Waals surface area contributed by atoms with Gasteiger partial charge in [0.25, 0.3) is 5.91 Å². The Labute approximate surface area is 144 Å². The normalized spacial score (nSPS) is 13.6. The predicted octanol–water partition coefficient (Wildman–Crippen LogP) is 3.21. The Hall–Kier alpha value is -3.02. The van der Waals surface area contributed by atoms with E-state index in [4.69, 9.17) is 0 Å². The van der Waals surface area contributed by atoms with Crippen LogP contribution in [0.2, 0.25) is 0 Å². The lowest BCUT2D eigenvalue weighted by molar-refractivity contribution is 0.0945. The van der Waals surface area contributed by atoms with Crippen LogP contribution in [-0.4, -0.2) is 20.7 Å². The number of halogens is 1. The summed E-state index contributed by atoms with van der Waals surface area (Å²) in [5.41, 5.74) is 3.11. The molecule has 0 bridgehead atoms. The number of rotatable bonds is 5. The molecule has 0 spiro atoms. The smallest absolute Gasteiger partial charge is 0.272 e. The molecular formula is C19H17FN4O. The van der Waals surface area contributed by atoms with Gasteiger partial charge in [-0.05, 0) is 60.9 Å². The average molecular weight is 336 g/mol. The van der Waals surface area contributed by atoms with Crippen molar-refractivity contribution in [2.45, 2.75) is 25.3 Å².